The van der Waals surface area contributed by atoms with E-state index in [1.807, 2.05) is 50.8 Å². The molecule has 10 unspecified atom stereocenters. The van der Waals surface area contributed by atoms with Gasteiger partial charge in [0.15, 0.2) is 12.1 Å². The highest BCUT2D eigenvalue weighted by Crippen LogP contribution is 2.30. The van der Waals surface area contributed by atoms with Crippen LogP contribution in [0.5, 0.6) is 0 Å². The first-order chi connectivity index (χ1) is 22.5. The fraction of sp³-hybridized carbons (Fsp3) is 0.771. The quantitative estimate of drug-likeness (QED) is 0.332. The van der Waals surface area contributed by atoms with Gasteiger partial charge in [-0.05, 0) is 70.9 Å². The van der Waals surface area contributed by atoms with Gasteiger partial charge in [-0.1, -0.05) is 43.7 Å². The molecule has 3 rings (SSSR count). The largest absolute Gasteiger partial charge is 0.462 e. The van der Waals surface area contributed by atoms with Gasteiger partial charge in [-0.3, -0.25) is 14.3 Å². The summed E-state index contributed by atoms with van der Waals surface area (Å²) in [5.74, 6) is -0.0437. The molecule has 0 aliphatic carbocycles. The van der Waals surface area contributed by atoms with Crippen molar-refractivity contribution in [3.05, 3.63) is 35.7 Å². The summed E-state index contributed by atoms with van der Waals surface area (Å²) in [6.07, 6.45) is 7.64. The minimum absolute atomic E-state index is 0.0857. The SMILES string of the molecule is CCC1OC(=O)CCC(C)CC(CCn2cc(CNC)nn2)CC(C)C(=O)C=CC(C)=CC1COC1OC(C)C(O)C(OC)C1OC. The van der Waals surface area contributed by atoms with Crippen LogP contribution in [0.15, 0.2) is 30.0 Å². The van der Waals surface area contributed by atoms with Crippen LogP contribution in [0, 0.1) is 23.7 Å². The Kier molecular flexibility index (Phi) is 16.2. The zero-order valence-corrected chi connectivity index (χ0v) is 29.6. The van der Waals surface area contributed by atoms with Crippen LogP contribution in [0.1, 0.15) is 78.8 Å². The van der Waals surface area contributed by atoms with Crippen molar-refractivity contribution in [3.8, 4) is 0 Å². The Morgan fingerprint density at radius 2 is 1.85 bits per heavy atom. The number of carbonyl (C=O) groups excluding carboxylic acids is 2. The average Bonchev–Trinajstić information content (AvgIpc) is 3.50. The smallest absolute Gasteiger partial charge is 0.306 e. The number of rotatable bonds is 11. The first-order valence-electron chi connectivity index (χ1n) is 17.1. The zero-order chi connectivity index (χ0) is 34.5. The second kappa shape index (κ2) is 19.5. The molecular weight excluding hydrogens is 604 g/mol. The third-order valence-electron chi connectivity index (χ3n) is 9.37. The molecule has 3 heterocycles. The molecular formula is C35H58N4O8. The predicted octanol–water partition coefficient (Wildman–Crippen LogP) is 4.01. The lowest BCUT2D eigenvalue weighted by atomic mass is 9.83. The molecule has 47 heavy (non-hydrogen) atoms. The molecule has 12 heteroatoms. The first kappa shape index (κ1) is 39.0. The second-order valence-electron chi connectivity index (χ2n) is 13.4. The Hall–Kier alpha value is -2.48. The van der Waals surface area contributed by atoms with Gasteiger partial charge in [-0.25, -0.2) is 0 Å². The number of methoxy groups -OCH3 is 2. The molecule has 1 aromatic heterocycles. The monoisotopic (exact) mass is 662 g/mol. The first-order valence-corrected chi connectivity index (χ1v) is 17.1. The van der Waals surface area contributed by atoms with Gasteiger partial charge in [0.25, 0.3) is 0 Å². The van der Waals surface area contributed by atoms with Crippen LogP contribution in [-0.4, -0.2) is 96.5 Å². The number of aromatic nitrogens is 3. The average molecular weight is 663 g/mol. The van der Waals surface area contributed by atoms with Crippen LogP contribution in [0.3, 0.4) is 0 Å². The number of carbonyl (C=O) groups is 2. The molecule has 0 radical (unpaired) electrons. The lowest BCUT2D eigenvalue weighted by Gasteiger charge is -2.42. The summed E-state index contributed by atoms with van der Waals surface area (Å²) in [6, 6.07) is 0. The van der Waals surface area contributed by atoms with E-state index in [2.05, 4.69) is 22.6 Å². The van der Waals surface area contributed by atoms with Crippen molar-refractivity contribution in [2.75, 3.05) is 27.9 Å². The van der Waals surface area contributed by atoms with Crippen LogP contribution in [0.25, 0.3) is 0 Å². The molecule has 1 fully saturated rings. The van der Waals surface area contributed by atoms with Crippen LogP contribution in [0.2, 0.25) is 0 Å². The number of hydrogen-bond acceptors (Lipinski definition) is 11. The summed E-state index contributed by atoms with van der Waals surface area (Å²) >= 11 is 0. The summed E-state index contributed by atoms with van der Waals surface area (Å²) < 4.78 is 31.3. The molecule has 0 spiro atoms. The van der Waals surface area contributed by atoms with Crippen LogP contribution in [0.4, 0.5) is 0 Å². The van der Waals surface area contributed by atoms with Gasteiger partial charge in [0.2, 0.25) is 0 Å². The molecule has 0 saturated carbocycles. The molecule has 1 saturated heterocycles. The topological polar surface area (TPSA) is 143 Å². The molecule has 0 bridgehead atoms. The van der Waals surface area contributed by atoms with Crippen LogP contribution < -0.4 is 5.32 Å². The van der Waals surface area contributed by atoms with Crippen molar-refractivity contribution in [2.45, 2.75) is 123 Å². The molecule has 2 N–H and O–H groups in total. The number of aliphatic hydroxyl groups excluding tert-OH is 1. The van der Waals surface area contributed by atoms with Crippen molar-refractivity contribution in [1.29, 1.82) is 0 Å². The van der Waals surface area contributed by atoms with E-state index in [4.69, 9.17) is 23.7 Å². The number of aliphatic hydroxyl groups is 1. The highest BCUT2D eigenvalue weighted by molar-refractivity contribution is 5.91. The van der Waals surface area contributed by atoms with Crippen molar-refractivity contribution in [2.24, 2.45) is 23.7 Å². The lowest BCUT2D eigenvalue weighted by molar-refractivity contribution is -0.304. The number of aryl methyl sites for hydroxylation is 1. The molecule has 10 atom stereocenters. The Morgan fingerprint density at radius 1 is 1.11 bits per heavy atom. The van der Waals surface area contributed by atoms with E-state index in [0.717, 1.165) is 37.1 Å². The third kappa shape index (κ3) is 11.9. The third-order valence-corrected chi connectivity index (χ3v) is 9.37. The number of ketones is 1. The van der Waals surface area contributed by atoms with Crippen molar-refractivity contribution >= 4 is 11.8 Å². The fourth-order valence-electron chi connectivity index (χ4n) is 6.60. The number of ether oxygens (including phenoxy) is 5. The summed E-state index contributed by atoms with van der Waals surface area (Å²) in [5.41, 5.74) is 1.75. The van der Waals surface area contributed by atoms with Gasteiger partial charge in [0, 0.05) is 51.8 Å². The van der Waals surface area contributed by atoms with E-state index in [-0.39, 0.29) is 36.1 Å². The van der Waals surface area contributed by atoms with Crippen LogP contribution in [-0.2, 0) is 46.4 Å². The maximum absolute atomic E-state index is 13.3. The minimum Gasteiger partial charge on any atom is -0.462 e. The second-order valence-corrected chi connectivity index (χ2v) is 13.4. The van der Waals surface area contributed by atoms with E-state index in [9.17, 15) is 14.7 Å². The van der Waals surface area contributed by atoms with E-state index in [1.54, 1.807) is 13.0 Å². The van der Waals surface area contributed by atoms with Gasteiger partial charge in [-0.2, -0.15) is 0 Å². The van der Waals surface area contributed by atoms with E-state index < -0.39 is 36.8 Å². The number of nitrogens with zero attached hydrogens (tertiary/aromatic N) is 3. The molecule has 266 valence electrons. The highest BCUT2D eigenvalue weighted by atomic mass is 16.7. The molecule has 0 amide bonds. The fourth-order valence-corrected chi connectivity index (χ4v) is 6.60. The number of cyclic esters (lactones) is 1. The van der Waals surface area contributed by atoms with Crippen LogP contribution >= 0.6 is 0 Å². The van der Waals surface area contributed by atoms with E-state index in [1.165, 1.54) is 14.2 Å². The van der Waals surface area contributed by atoms with E-state index >= 15 is 0 Å². The van der Waals surface area contributed by atoms with Gasteiger partial charge >= 0.3 is 5.97 Å². The lowest BCUT2D eigenvalue weighted by Crippen LogP contribution is -2.59. The van der Waals surface area contributed by atoms with Crippen molar-refractivity contribution in [3.63, 3.8) is 0 Å². The van der Waals surface area contributed by atoms with Crippen molar-refractivity contribution < 1.29 is 38.4 Å². The Labute approximate surface area is 280 Å². The number of hydrogen-bond donors (Lipinski definition) is 2. The maximum atomic E-state index is 13.3. The van der Waals surface area contributed by atoms with Gasteiger partial charge in [-0.15, -0.1) is 5.10 Å². The Balaban J connectivity index is 1.78. The summed E-state index contributed by atoms with van der Waals surface area (Å²) in [5, 5.41) is 22.1. The minimum atomic E-state index is -0.869. The maximum Gasteiger partial charge on any atom is 0.306 e. The summed E-state index contributed by atoms with van der Waals surface area (Å²) in [4.78, 5) is 26.5. The Bertz CT molecular complexity index is 1170. The number of allylic oxidation sites excluding steroid dienone is 3. The standard InChI is InChI=1S/C35H58N4O8/c1-9-30-27(21-45-35-34(44-8)33(43-7)32(42)25(5)46-35)17-23(3)10-12-29(40)24(4)18-26(16-22(2)11-13-31(41)47-30)14-15-39-20-28(19-36-6)37-38-39/h10,12,17,20,22,24-27,30,32-36,42H,9,11,13-16,18-19,21H2,1-8H3. The summed E-state index contributed by atoms with van der Waals surface area (Å²) in [7, 11) is 4.92. The van der Waals surface area contributed by atoms with Gasteiger partial charge in [0.1, 0.15) is 24.4 Å². The molecule has 1 aromatic rings. The summed E-state index contributed by atoms with van der Waals surface area (Å²) in [6.45, 7) is 11.4. The van der Waals surface area contributed by atoms with Crippen molar-refractivity contribution in [1.82, 2.24) is 20.3 Å². The van der Waals surface area contributed by atoms with Gasteiger partial charge in [0.05, 0.1) is 18.4 Å². The molecule has 12 nitrogen and oxygen atoms in total. The molecule has 0 aromatic carbocycles. The van der Waals surface area contributed by atoms with E-state index in [0.29, 0.717) is 31.7 Å². The molecule has 2 aliphatic rings. The zero-order valence-electron chi connectivity index (χ0n) is 29.6. The number of esters is 1. The Morgan fingerprint density at radius 3 is 2.53 bits per heavy atom. The highest BCUT2D eigenvalue weighted by Gasteiger charge is 2.45. The molecule has 2 aliphatic heterocycles. The van der Waals surface area contributed by atoms with Gasteiger partial charge < -0.3 is 34.1 Å². The predicted molar refractivity (Wildman–Crippen MR) is 177 cm³/mol. The number of nitrogens with one attached hydrogen (secondary N) is 1. The normalized spacial score (nSPS) is 33.4.